The minimum absolute atomic E-state index is 0.274. The van der Waals surface area contributed by atoms with Gasteiger partial charge >= 0.3 is 0 Å². The highest BCUT2D eigenvalue weighted by Gasteiger charge is 2.09. The fourth-order valence-corrected chi connectivity index (χ4v) is 2.86. The molecule has 0 aliphatic rings. The summed E-state index contributed by atoms with van der Waals surface area (Å²) in [5, 5.41) is 8.78. The summed E-state index contributed by atoms with van der Waals surface area (Å²) in [6.45, 7) is 10.4. The first kappa shape index (κ1) is 28.7. The smallest absolute Gasteiger partial charge is 0.150 e. The highest BCUT2D eigenvalue weighted by Crippen LogP contribution is 2.28. The van der Waals surface area contributed by atoms with E-state index in [1.807, 2.05) is 44.2 Å². The monoisotopic (exact) mass is 461 g/mol. The minimum atomic E-state index is 0.274. The molecule has 2 aromatic rings. The molecular formula is C26H33Cl2NO2. The summed E-state index contributed by atoms with van der Waals surface area (Å²) >= 11 is 12.3. The Labute approximate surface area is 197 Å². The van der Waals surface area contributed by atoms with E-state index < -0.39 is 0 Å². The number of benzene rings is 2. The third-order valence-corrected chi connectivity index (χ3v) is 4.61. The molecule has 0 aromatic heterocycles. The summed E-state index contributed by atoms with van der Waals surface area (Å²) < 4.78 is 5.84. The lowest BCUT2D eigenvalue weighted by Crippen LogP contribution is -1.99. The van der Waals surface area contributed by atoms with E-state index in [2.05, 4.69) is 20.8 Å². The number of hydrogen-bond acceptors (Lipinski definition) is 3. The van der Waals surface area contributed by atoms with Crippen molar-refractivity contribution >= 4 is 35.1 Å². The van der Waals surface area contributed by atoms with Gasteiger partial charge in [-0.15, -0.1) is 0 Å². The molecule has 3 nitrogen and oxygen atoms in total. The Bertz CT molecular complexity index is 850. The number of carbonyl (C=O) groups excluding carboxylic acids is 1. The molecular weight excluding hydrogens is 429 g/mol. The molecule has 2 aromatic carbocycles. The summed E-state index contributed by atoms with van der Waals surface area (Å²) in [4.78, 5) is 11.4. The Morgan fingerprint density at radius 3 is 2.16 bits per heavy atom. The molecule has 0 N–H and O–H groups in total. The summed E-state index contributed by atoms with van der Waals surface area (Å²) in [5.41, 5.74) is 3.37. The van der Waals surface area contributed by atoms with E-state index in [0.29, 0.717) is 27.8 Å². The highest BCUT2D eigenvalue weighted by molar-refractivity contribution is 6.35. The average Bonchev–Trinajstić information content (AvgIpc) is 2.76. The quantitative estimate of drug-likeness (QED) is 0.306. The number of allylic oxidation sites excluding steroid dienone is 2. The Balaban J connectivity index is 0.00000113. The number of hydrogen-bond donors (Lipinski definition) is 0. The van der Waals surface area contributed by atoms with Crippen molar-refractivity contribution in [3.05, 3.63) is 69.2 Å². The van der Waals surface area contributed by atoms with Crippen LogP contribution in [0.4, 0.5) is 0 Å². The maximum atomic E-state index is 11.4. The van der Waals surface area contributed by atoms with Gasteiger partial charge in [0.05, 0.1) is 6.07 Å². The van der Waals surface area contributed by atoms with Gasteiger partial charge in [-0.1, -0.05) is 81.9 Å². The van der Waals surface area contributed by atoms with Crippen LogP contribution in [0, 0.1) is 18.3 Å². The van der Waals surface area contributed by atoms with Gasteiger partial charge in [0.1, 0.15) is 18.6 Å². The van der Waals surface area contributed by atoms with E-state index in [4.69, 9.17) is 33.2 Å². The lowest BCUT2D eigenvalue weighted by atomic mass is 10.00. The van der Waals surface area contributed by atoms with Crippen molar-refractivity contribution in [3.8, 4) is 11.8 Å². The van der Waals surface area contributed by atoms with Gasteiger partial charge in [-0.3, -0.25) is 4.79 Å². The molecule has 168 valence electrons. The Kier molecular flexibility index (Phi) is 16.1. The molecule has 31 heavy (non-hydrogen) atoms. The molecule has 0 atom stereocenters. The lowest BCUT2D eigenvalue weighted by Gasteiger charge is -2.12. The van der Waals surface area contributed by atoms with Gasteiger partial charge in [0.2, 0.25) is 0 Å². The van der Waals surface area contributed by atoms with Gasteiger partial charge in [0, 0.05) is 27.6 Å². The van der Waals surface area contributed by atoms with Crippen molar-refractivity contribution in [1.29, 1.82) is 5.26 Å². The molecule has 0 aliphatic carbocycles. The molecule has 0 saturated carbocycles. The first-order valence-electron chi connectivity index (χ1n) is 10.6. The second-order valence-electron chi connectivity index (χ2n) is 6.75. The molecule has 5 heteroatoms. The number of carbonyl (C=O) groups is 1. The molecule has 0 saturated heterocycles. The average molecular weight is 462 g/mol. The van der Waals surface area contributed by atoms with Crippen LogP contribution in [0.5, 0.6) is 5.75 Å². The van der Waals surface area contributed by atoms with Crippen molar-refractivity contribution in [2.45, 2.75) is 66.9 Å². The van der Waals surface area contributed by atoms with Gasteiger partial charge in [-0.05, 0) is 48.7 Å². The van der Waals surface area contributed by atoms with Crippen LogP contribution < -0.4 is 4.74 Å². The topological polar surface area (TPSA) is 50.1 Å². The first-order valence-corrected chi connectivity index (χ1v) is 11.3. The molecule has 0 bridgehead atoms. The molecule has 0 fully saturated rings. The number of aldehydes is 1. The van der Waals surface area contributed by atoms with Crippen LogP contribution in [0.3, 0.4) is 0 Å². The van der Waals surface area contributed by atoms with Crippen LogP contribution in [0.2, 0.25) is 10.0 Å². The molecule has 0 heterocycles. The van der Waals surface area contributed by atoms with E-state index in [9.17, 15) is 4.79 Å². The molecule has 0 amide bonds. The van der Waals surface area contributed by atoms with Gasteiger partial charge < -0.3 is 4.74 Å². The van der Waals surface area contributed by atoms with Gasteiger partial charge in [0.25, 0.3) is 0 Å². The third-order valence-electron chi connectivity index (χ3n) is 3.90. The predicted molar refractivity (Wildman–Crippen MR) is 133 cm³/mol. The van der Waals surface area contributed by atoms with E-state index in [1.54, 1.807) is 18.2 Å². The zero-order valence-electron chi connectivity index (χ0n) is 19.2. The number of aryl methyl sites for hydroxylation is 1. The van der Waals surface area contributed by atoms with E-state index in [0.717, 1.165) is 35.8 Å². The van der Waals surface area contributed by atoms with Crippen molar-refractivity contribution in [3.63, 3.8) is 0 Å². The van der Waals surface area contributed by atoms with E-state index >= 15 is 0 Å². The molecule has 0 radical (unpaired) electrons. The highest BCUT2D eigenvalue weighted by atomic mass is 35.5. The number of nitriles is 1. The van der Waals surface area contributed by atoms with Crippen molar-refractivity contribution < 1.29 is 9.53 Å². The fourth-order valence-electron chi connectivity index (χ4n) is 2.35. The number of halogens is 2. The zero-order chi connectivity index (χ0) is 23.6. The predicted octanol–water partition coefficient (Wildman–Crippen LogP) is 8.60. The Morgan fingerprint density at radius 2 is 1.68 bits per heavy atom. The maximum absolute atomic E-state index is 11.4. The van der Waals surface area contributed by atoms with Crippen molar-refractivity contribution in [2.24, 2.45) is 0 Å². The van der Waals surface area contributed by atoms with Crippen LogP contribution in [-0.4, -0.2) is 6.29 Å². The maximum Gasteiger partial charge on any atom is 0.150 e. The second kappa shape index (κ2) is 17.4. The van der Waals surface area contributed by atoms with Crippen LogP contribution in [-0.2, 0) is 11.4 Å². The lowest BCUT2D eigenvalue weighted by molar-refractivity contribution is -0.103. The molecule has 0 unspecified atom stereocenters. The van der Waals surface area contributed by atoms with E-state index in [1.165, 1.54) is 6.42 Å². The molecule has 0 spiro atoms. The van der Waals surface area contributed by atoms with E-state index in [-0.39, 0.29) is 6.61 Å². The number of ether oxygens (including phenoxy) is 1. The largest absolute Gasteiger partial charge is 0.489 e. The zero-order valence-corrected chi connectivity index (χ0v) is 20.7. The van der Waals surface area contributed by atoms with Crippen molar-refractivity contribution in [2.75, 3.05) is 0 Å². The number of unbranched alkanes of at least 4 members (excludes halogenated alkanes) is 1. The van der Waals surface area contributed by atoms with Crippen LogP contribution in [0.25, 0.3) is 5.57 Å². The minimum Gasteiger partial charge on any atom is -0.489 e. The third kappa shape index (κ3) is 11.1. The van der Waals surface area contributed by atoms with Crippen LogP contribution >= 0.6 is 23.2 Å². The Hall–Kier alpha value is -2.28. The SMILES string of the molecule is CCC.CCC#N.CCC/C=C(/C=O)c1cc(OCc2c(Cl)cccc2Cl)ccc1C. The summed E-state index contributed by atoms with van der Waals surface area (Å²) in [5.74, 6) is 0.677. The van der Waals surface area contributed by atoms with Crippen molar-refractivity contribution in [1.82, 2.24) is 0 Å². The van der Waals surface area contributed by atoms with Gasteiger partial charge in [-0.25, -0.2) is 0 Å². The summed E-state index contributed by atoms with van der Waals surface area (Å²) in [7, 11) is 0. The normalized spacial score (nSPS) is 10.1. The second-order valence-corrected chi connectivity index (χ2v) is 7.56. The fraction of sp³-hybridized carbons (Fsp3) is 0.385. The summed E-state index contributed by atoms with van der Waals surface area (Å²) in [6.07, 6.45) is 6.60. The summed E-state index contributed by atoms with van der Waals surface area (Å²) in [6, 6.07) is 13.0. The molecule has 0 aliphatic heterocycles. The number of rotatable bonds is 7. The van der Waals surface area contributed by atoms with Gasteiger partial charge in [-0.2, -0.15) is 5.26 Å². The van der Waals surface area contributed by atoms with Crippen LogP contribution in [0.15, 0.2) is 42.5 Å². The Morgan fingerprint density at radius 1 is 1.10 bits per heavy atom. The molecule has 2 rings (SSSR count). The number of nitrogens with zero attached hydrogens (tertiary/aromatic N) is 1. The standard InChI is InChI=1S/C20H20Cl2O2.C3H5N.C3H8/c1-3-4-6-15(12-23)17-11-16(10-9-14(17)2)24-13-18-19(21)7-5-8-20(18)22;1-2-3-4;1-3-2/h5-12H,3-4,13H2,1-2H3;2H2,1H3;3H2,1-2H3/b15-6-;;. The first-order chi connectivity index (χ1) is 14.9. The van der Waals surface area contributed by atoms with Gasteiger partial charge in [0.15, 0.2) is 0 Å². The van der Waals surface area contributed by atoms with Crippen LogP contribution in [0.1, 0.15) is 70.1 Å².